The molecule has 5 heteroatoms. The van der Waals surface area contributed by atoms with Crippen molar-refractivity contribution >= 4 is 33.7 Å². The lowest BCUT2D eigenvalue weighted by atomic mass is 9.77. The zero-order valence-electron chi connectivity index (χ0n) is 23.8. The molecule has 0 saturated heterocycles. The van der Waals surface area contributed by atoms with E-state index in [1.54, 1.807) is 6.20 Å². The molecule has 1 atom stereocenters. The molecule has 3 aromatic heterocycles. The van der Waals surface area contributed by atoms with Gasteiger partial charge in [-0.15, -0.1) is 0 Å². The summed E-state index contributed by atoms with van der Waals surface area (Å²) in [7, 11) is 0. The predicted octanol–water partition coefficient (Wildman–Crippen LogP) is 10.1. The first-order valence-electron chi connectivity index (χ1n) is 14.5. The van der Waals surface area contributed by atoms with Crippen LogP contribution in [0.15, 0.2) is 137 Å². The molecular formula is C38H28FN3S. The third-order valence-electron chi connectivity index (χ3n) is 8.65. The minimum atomic E-state index is -1.29. The maximum absolute atomic E-state index is 16.3. The van der Waals surface area contributed by atoms with Crippen LogP contribution in [0.1, 0.15) is 42.3 Å². The molecule has 0 aliphatic carbocycles. The zero-order chi connectivity index (χ0) is 29.1. The summed E-state index contributed by atoms with van der Waals surface area (Å²) in [5, 5.41) is 2.23. The molecule has 1 aliphatic heterocycles. The minimum Gasteiger partial charge on any atom is -0.293 e. The second-order valence-electron chi connectivity index (χ2n) is 11.6. The van der Waals surface area contributed by atoms with Gasteiger partial charge in [-0.25, -0.2) is 9.37 Å². The molecule has 43 heavy (non-hydrogen) atoms. The highest BCUT2D eigenvalue weighted by Gasteiger charge is 2.35. The van der Waals surface area contributed by atoms with Gasteiger partial charge in [0.05, 0.1) is 11.2 Å². The fraction of sp³-hybridized carbons (Fsp3) is 0.105. The Kier molecular flexibility index (Phi) is 5.98. The normalized spacial score (nSPS) is 14.4. The van der Waals surface area contributed by atoms with E-state index in [-0.39, 0.29) is 5.41 Å². The van der Waals surface area contributed by atoms with Crippen LogP contribution in [0.3, 0.4) is 0 Å². The Balaban J connectivity index is 1.31. The summed E-state index contributed by atoms with van der Waals surface area (Å²) < 4.78 is 18.5. The molecule has 1 unspecified atom stereocenters. The van der Waals surface area contributed by atoms with Crippen LogP contribution >= 0.6 is 11.8 Å². The molecule has 3 nitrogen and oxygen atoms in total. The quantitative estimate of drug-likeness (QED) is 0.209. The highest BCUT2D eigenvalue weighted by molar-refractivity contribution is 7.99. The molecule has 0 bridgehead atoms. The number of nitrogens with zero attached hydrogens (tertiary/aromatic N) is 3. The lowest BCUT2D eigenvalue weighted by Crippen LogP contribution is -2.24. The van der Waals surface area contributed by atoms with E-state index < -0.39 is 6.17 Å². The molecule has 0 spiro atoms. The third-order valence-corrected chi connectivity index (χ3v) is 9.84. The van der Waals surface area contributed by atoms with Gasteiger partial charge in [-0.3, -0.25) is 9.55 Å². The summed E-state index contributed by atoms with van der Waals surface area (Å²) in [4.78, 5) is 11.8. The number of alkyl halides is 1. The summed E-state index contributed by atoms with van der Waals surface area (Å²) in [5.41, 5.74) is 8.27. The van der Waals surface area contributed by atoms with Crippen molar-refractivity contribution in [2.75, 3.05) is 0 Å². The van der Waals surface area contributed by atoms with Crippen LogP contribution in [0, 0.1) is 0 Å². The van der Waals surface area contributed by atoms with Gasteiger partial charge in [0.25, 0.3) is 0 Å². The van der Waals surface area contributed by atoms with E-state index in [9.17, 15) is 0 Å². The van der Waals surface area contributed by atoms with E-state index in [0.29, 0.717) is 11.1 Å². The van der Waals surface area contributed by atoms with E-state index >= 15 is 4.39 Å². The van der Waals surface area contributed by atoms with Crippen LogP contribution < -0.4 is 0 Å². The van der Waals surface area contributed by atoms with Gasteiger partial charge >= 0.3 is 0 Å². The summed E-state index contributed by atoms with van der Waals surface area (Å²) in [6.07, 6.45) is 2.30. The average Bonchev–Trinajstić information content (AvgIpc) is 3.40. The highest BCUT2D eigenvalue weighted by Crippen LogP contribution is 2.52. The van der Waals surface area contributed by atoms with Crippen molar-refractivity contribution < 1.29 is 4.39 Å². The van der Waals surface area contributed by atoms with Crippen molar-refractivity contribution in [3.8, 4) is 16.9 Å². The van der Waals surface area contributed by atoms with Gasteiger partial charge in [0.1, 0.15) is 5.65 Å². The molecule has 7 aromatic rings. The Hall–Kier alpha value is -4.74. The molecule has 4 aromatic carbocycles. The number of aromatic nitrogens is 3. The Bertz CT molecular complexity index is 2170. The van der Waals surface area contributed by atoms with Crippen molar-refractivity contribution in [3.05, 3.63) is 150 Å². The van der Waals surface area contributed by atoms with E-state index in [1.165, 1.54) is 20.9 Å². The topological polar surface area (TPSA) is 30.7 Å². The van der Waals surface area contributed by atoms with Gasteiger partial charge in [-0.2, -0.15) is 0 Å². The van der Waals surface area contributed by atoms with Crippen LogP contribution in [-0.2, 0) is 5.41 Å². The monoisotopic (exact) mass is 577 g/mol. The van der Waals surface area contributed by atoms with Gasteiger partial charge in [-0.05, 0) is 70.8 Å². The van der Waals surface area contributed by atoms with Crippen molar-refractivity contribution in [2.45, 2.75) is 35.2 Å². The van der Waals surface area contributed by atoms with Crippen LogP contribution in [0.25, 0.3) is 38.9 Å². The van der Waals surface area contributed by atoms with Gasteiger partial charge < -0.3 is 0 Å². The molecule has 8 rings (SSSR count). The molecule has 0 saturated carbocycles. The summed E-state index contributed by atoms with van der Waals surface area (Å²) in [6, 6.07) is 38.5. The fourth-order valence-corrected chi connectivity index (χ4v) is 8.01. The lowest BCUT2D eigenvalue weighted by molar-refractivity contribution is 0.402. The third kappa shape index (κ3) is 4.10. The van der Waals surface area contributed by atoms with Gasteiger partial charge in [0.15, 0.2) is 6.17 Å². The SMILES string of the molecule is CC1(C)c2ccccc2Sc2c1ccc1c3cccnc3n(-c3cccc(C(F)c4cccc(-c5ccccn5)c4)c3)c21. The number of pyridine rings is 2. The number of rotatable bonds is 4. The summed E-state index contributed by atoms with van der Waals surface area (Å²) in [5.74, 6) is 0. The Morgan fingerprint density at radius 2 is 1.49 bits per heavy atom. The molecule has 0 fully saturated rings. The van der Waals surface area contributed by atoms with E-state index in [1.807, 2.05) is 84.7 Å². The first kappa shape index (κ1) is 25.9. The summed E-state index contributed by atoms with van der Waals surface area (Å²) in [6.45, 7) is 4.60. The average molecular weight is 578 g/mol. The second kappa shape index (κ2) is 9.92. The largest absolute Gasteiger partial charge is 0.293 e. The predicted molar refractivity (Wildman–Crippen MR) is 174 cm³/mol. The maximum Gasteiger partial charge on any atom is 0.150 e. The molecule has 4 heterocycles. The van der Waals surface area contributed by atoms with Gasteiger partial charge in [0.2, 0.25) is 0 Å². The first-order chi connectivity index (χ1) is 21.0. The second-order valence-corrected chi connectivity index (χ2v) is 12.6. The zero-order valence-corrected chi connectivity index (χ0v) is 24.6. The van der Waals surface area contributed by atoms with Crippen LogP contribution in [0.5, 0.6) is 0 Å². The number of halogens is 1. The standard InChI is InChI=1S/C38H28FN3S/c1-38(2)30-15-3-4-17-33(30)43-36-31(38)19-18-28-29-14-9-21-41-37(29)42(35(28)36)27-13-8-12-26(23-27)34(39)25-11-7-10-24(22-25)32-16-5-6-20-40-32/h3-23,34H,1-2H3. The van der Waals surface area contributed by atoms with Crippen molar-refractivity contribution in [2.24, 2.45) is 0 Å². The van der Waals surface area contributed by atoms with E-state index in [0.717, 1.165) is 38.9 Å². The number of fused-ring (bicyclic) bond motifs is 6. The van der Waals surface area contributed by atoms with Crippen molar-refractivity contribution in [1.29, 1.82) is 0 Å². The number of benzene rings is 4. The molecular weight excluding hydrogens is 550 g/mol. The Morgan fingerprint density at radius 3 is 2.35 bits per heavy atom. The summed E-state index contributed by atoms with van der Waals surface area (Å²) >= 11 is 1.82. The molecule has 0 N–H and O–H groups in total. The fourth-order valence-electron chi connectivity index (χ4n) is 6.48. The van der Waals surface area contributed by atoms with Gasteiger partial charge in [-0.1, -0.05) is 92.3 Å². The van der Waals surface area contributed by atoms with Crippen LogP contribution in [0.2, 0.25) is 0 Å². The smallest absolute Gasteiger partial charge is 0.150 e. The first-order valence-corrected chi connectivity index (χ1v) is 15.3. The Morgan fingerprint density at radius 1 is 0.698 bits per heavy atom. The van der Waals surface area contributed by atoms with Crippen molar-refractivity contribution in [3.63, 3.8) is 0 Å². The lowest BCUT2D eigenvalue weighted by Gasteiger charge is -2.35. The van der Waals surface area contributed by atoms with Crippen molar-refractivity contribution in [1.82, 2.24) is 14.5 Å². The van der Waals surface area contributed by atoms with E-state index in [2.05, 4.69) is 71.9 Å². The minimum absolute atomic E-state index is 0.162. The molecule has 0 radical (unpaired) electrons. The van der Waals surface area contributed by atoms with E-state index in [4.69, 9.17) is 4.98 Å². The molecule has 1 aliphatic rings. The molecule has 208 valence electrons. The van der Waals surface area contributed by atoms with Gasteiger partial charge in [0, 0.05) is 49.6 Å². The number of hydrogen-bond donors (Lipinski definition) is 0. The highest BCUT2D eigenvalue weighted by atomic mass is 32.2. The Labute approximate surface area is 254 Å². The maximum atomic E-state index is 16.3. The van der Waals surface area contributed by atoms with Crippen LogP contribution in [0.4, 0.5) is 4.39 Å². The van der Waals surface area contributed by atoms with Crippen LogP contribution in [-0.4, -0.2) is 14.5 Å². The number of hydrogen-bond acceptors (Lipinski definition) is 3. The molecule has 0 amide bonds.